The zero-order valence-corrected chi connectivity index (χ0v) is 14.8. The third-order valence-corrected chi connectivity index (χ3v) is 5.61. The van der Waals surface area contributed by atoms with Crippen LogP contribution in [0.2, 0.25) is 0 Å². The van der Waals surface area contributed by atoms with Crippen LogP contribution < -0.4 is 5.32 Å². The Hall–Kier alpha value is -0.120. The van der Waals surface area contributed by atoms with Crippen LogP contribution in [0.4, 0.5) is 0 Å². The van der Waals surface area contributed by atoms with E-state index in [0.29, 0.717) is 18.1 Å². The van der Waals surface area contributed by atoms with E-state index in [0.717, 1.165) is 19.2 Å². The Kier molecular flexibility index (Phi) is 6.10. The molecule has 2 rings (SSSR count). The highest BCUT2D eigenvalue weighted by Gasteiger charge is 2.48. The van der Waals surface area contributed by atoms with Crippen LogP contribution in [0.3, 0.4) is 0 Å². The quantitative estimate of drug-likeness (QED) is 0.744. The van der Waals surface area contributed by atoms with E-state index in [1.54, 1.807) is 0 Å². The SMILES string of the molecule is CC(C)COC1CC(NCCN(C)C2CCCC2)C1(C)C. The van der Waals surface area contributed by atoms with Crippen molar-refractivity contribution >= 4 is 0 Å². The standard InChI is InChI=1S/C18H36N2O/c1-14(2)13-21-17-12-16(18(17,3)4)19-10-11-20(5)15-8-6-7-9-15/h14-17,19H,6-13H2,1-5H3. The van der Waals surface area contributed by atoms with Gasteiger partial charge in [-0.05, 0) is 32.2 Å². The van der Waals surface area contributed by atoms with Gasteiger partial charge in [0.05, 0.1) is 6.10 Å². The molecular weight excluding hydrogens is 260 g/mol. The largest absolute Gasteiger partial charge is 0.377 e. The molecule has 2 fully saturated rings. The molecular formula is C18H36N2O. The number of hydrogen-bond acceptors (Lipinski definition) is 3. The summed E-state index contributed by atoms with van der Waals surface area (Å²) < 4.78 is 6.04. The van der Waals surface area contributed by atoms with Gasteiger partial charge < -0.3 is 15.0 Å². The predicted octanol–water partition coefficient (Wildman–Crippen LogP) is 3.29. The maximum Gasteiger partial charge on any atom is 0.0656 e. The van der Waals surface area contributed by atoms with E-state index in [2.05, 4.69) is 45.0 Å². The lowest BCUT2D eigenvalue weighted by atomic mass is 9.64. The summed E-state index contributed by atoms with van der Waals surface area (Å²) in [6, 6.07) is 1.45. The highest BCUT2D eigenvalue weighted by atomic mass is 16.5. The summed E-state index contributed by atoms with van der Waals surface area (Å²) in [5, 5.41) is 3.76. The van der Waals surface area contributed by atoms with E-state index in [-0.39, 0.29) is 5.41 Å². The molecule has 0 aromatic rings. The molecule has 124 valence electrons. The van der Waals surface area contributed by atoms with Gasteiger partial charge in [-0.3, -0.25) is 0 Å². The van der Waals surface area contributed by atoms with Crippen molar-refractivity contribution in [3.63, 3.8) is 0 Å². The van der Waals surface area contributed by atoms with Gasteiger partial charge in [-0.2, -0.15) is 0 Å². The second kappa shape index (κ2) is 7.43. The first-order chi connectivity index (χ1) is 9.91. The van der Waals surface area contributed by atoms with Gasteiger partial charge in [-0.1, -0.05) is 40.5 Å². The van der Waals surface area contributed by atoms with E-state index in [1.807, 2.05) is 0 Å². The van der Waals surface area contributed by atoms with Gasteiger partial charge in [0.25, 0.3) is 0 Å². The van der Waals surface area contributed by atoms with Crippen LogP contribution in [0, 0.1) is 11.3 Å². The topological polar surface area (TPSA) is 24.5 Å². The van der Waals surface area contributed by atoms with Crippen molar-refractivity contribution < 1.29 is 4.74 Å². The van der Waals surface area contributed by atoms with Crippen LogP contribution in [0.5, 0.6) is 0 Å². The fraction of sp³-hybridized carbons (Fsp3) is 1.00. The maximum atomic E-state index is 6.04. The second-order valence-corrected chi connectivity index (χ2v) is 8.20. The first kappa shape index (κ1) is 17.2. The minimum absolute atomic E-state index is 0.279. The van der Waals surface area contributed by atoms with Crippen molar-refractivity contribution in [3.05, 3.63) is 0 Å². The molecule has 0 amide bonds. The zero-order chi connectivity index (χ0) is 15.5. The third-order valence-electron chi connectivity index (χ3n) is 5.61. The van der Waals surface area contributed by atoms with Crippen molar-refractivity contribution in [3.8, 4) is 0 Å². The highest BCUT2D eigenvalue weighted by Crippen LogP contribution is 2.42. The van der Waals surface area contributed by atoms with Gasteiger partial charge in [0.1, 0.15) is 0 Å². The zero-order valence-electron chi connectivity index (χ0n) is 14.8. The van der Waals surface area contributed by atoms with Gasteiger partial charge in [-0.25, -0.2) is 0 Å². The van der Waals surface area contributed by atoms with E-state index in [9.17, 15) is 0 Å². The molecule has 0 heterocycles. The fourth-order valence-corrected chi connectivity index (χ4v) is 3.77. The molecule has 2 saturated carbocycles. The molecule has 3 nitrogen and oxygen atoms in total. The number of ether oxygens (including phenoxy) is 1. The molecule has 0 bridgehead atoms. The summed E-state index contributed by atoms with van der Waals surface area (Å²) in [4.78, 5) is 2.55. The molecule has 0 saturated heterocycles. The smallest absolute Gasteiger partial charge is 0.0656 e. The number of rotatable bonds is 8. The number of likely N-dealkylation sites (N-methyl/N-ethyl adjacent to an activating group) is 1. The van der Waals surface area contributed by atoms with E-state index in [4.69, 9.17) is 4.74 Å². The average molecular weight is 296 g/mol. The Labute approximate surface area is 131 Å². The van der Waals surface area contributed by atoms with Crippen LogP contribution in [0.25, 0.3) is 0 Å². The molecule has 0 radical (unpaired) electrons. The Morgan fingerprint density at radius 1 is 1.24 bits per heavy atom. The highest BCUT2D eigenvalue weighted by molar-refractivity contribution is 5.02. The van der Waals surface area contributed by atoms with Crippen molar-refractivity contribution in [1.29, 1.82) is 0 Å². The van der Waals surface area contributed by atoms with Crippen LogP contribution in [-0.4, -0.2) is 49.8 Å². The van der Waals surface area contributed by atoms with Gasteiger partial charge >= 0.3 is 0 Å². The van der Waals surface area contributed by atoms with Gasteiger partial charge in [0.15, 0.2) is 0 Å². The summed E-state index contributed by atoms with van der Waals surface area (Å²) >= 11 is 0. The molecule has 0 spiro atoms. The van der Waals surface area contributed by atoms with Crippen molar-refractivity contribution in [2.45, 2.75) is 78.0 Å². The number of nitrogens with zero attached hydrogens (tertiary/aromatic N) is 1. The molecule has 21 heavy (non-hydrogen) atoms. The fourth-order valence-electron chi connectivity index (χ4n) is 3.77. The van der Waals surface area contributed by atoms with E-state index >= 15 is 0 Å². The van der Waals surface area contributed by atoms with Crippen LogP contribution in [0.15, 0.2) is 0 Å². The third kappa shape index (κ3) is 4.43. The molecule has 3 heteroatoms. The Balaban J connectivity index is 1.63. The van der Waals surface area contributed by atoms with Crippen LogP contribution >= 0.6 is 0 Å². The van der Waals surface area contributed by atoms with Gasteiger partial charge in [0, 0.05) is 37.2 Å². The molecule has 2 atom stereocenters. The van der Waals surface area contributed by atoms with Gasteiger partial charge in [0.2, 0.25) is 0 Å². The lowest BCUT2D eigenvalue weighted by molar-refractivity contribution is -0.123. The summed E-state index contributed by atoms with van der Waals surface area (Å²) in [6.45, 7) is 12.3. The first-order valence-electron chi connectivity index (χ1n) is 8.96. The summed E-state index contributed by atoms with van der Waals surface area (Å²) in [7, 11) is 2.29. The summed E-state index contributed by atoms with van der Waals surface area (Å²) in [6.07, 6.45) is 7.25. The number of hydrogen-bond donors (Lipinski definition) is 1. The lowest BCUT2D eigenvalue weighted by Crippen LogP contribution is -2.61. The second-order valence-electron chi connectivity index (χ2n) is 8.20. The van der Waals surface area contributed by atoms with Crippen molar-refractivity contribution in [2.24, 2.45) is 11.3 Å². The van der Waals surface area contributed by atoms with Crippen molar-refractivity contribution in [2.75, 3.05) is 26.7 Å². The molecule has 1 N–H and O–H groups in total. The van der Waals surface area contributed by atoms with E-state index in [1.165, 1.54) is 38.6 Å². The molecule has 2 unspecified atom stereocenters. The lowest BCUT2D eigenvalue weighted by Gasteiger charge is -2.52. The molecule has 0 aromatic carbocycles. The molecule has 0 aromatic heterocycles. The van der Waals surface area contributed by atoms with E-state index < -0.39 is 0 Å². The first-order valence-corrected chi connectivity index (χ1v) is 8.96. The Morgan fingerprint density at radius 2 is 1.90 bits per heavy atom. The Morgan fingerprint density at radius 3 is 2.48 bits per heavy atom. The Bertz CT molecular complexity index is 310. The predicted molar refractivity (Wildman–Crippen MR) is 89.7 cm³/mol. The normalized spacial score (nSPS) is 29.3. The van der Waals surface area contributed by atoms with Gasteiger partial charge in [-0.15, -0.1) is 0 Å². The summed E-state index contributed by atoms with van der Waals surface area (Å²) in [5.74, 6) is 0.632. The monoisotopic (exact) mass is 296 g/mol. The minimum Gasteiger partial charge on any atom is -0.377 e. The van der Waals surface area contributed by atoms with Crippen LogP contribution in [0.1, 0.15) is 59.8 Å². The maximum absolute atomic E-state index is 6.04. The van der Waals surface area contributed by atoms with Crippen molar-refractivity contribution in [1.82, 2.24) is 10.2 Å². The molecule has 2 aliphatic carbocycles. The molecule has 2 aliphatic rings. The minimum atomic E-state index is 0.279. The summed E-state index contributed by atoms with van der Waals surface area (Å²) in [5.41, 5.74) is 0.279. The van der Waals surface area contributed by atoms with Crippen LogP contribution in [-0.2, 0) is 4.74 Å². The average Bonchev–Trinajstić information content (AvgIpc) is 2.94. The molecule has 0 aliphatic heterocycles. The number of nitrogens with one attached hydrogen (secondary N) is 1.